The molecular weight excluding hydrogens is 492 g/mol. The molecule has 4 aromatic rings. The van der Waals surface area contributed by atoms with E-state index >= 15 is 0 Å². The molecule has 2 fully saturated rings. The van der Waals surface area contributed by atoms with Gasteiger partial charge < -0.3 is 10.6 Å². The van der Waals surface area contributed by atoms with Gasteiger partial charge in [-0.3, -0.25) is 24.6 Å². The standard InChI is InChI=1S/C30H30N6O3/c31-29(38)26-7-3-5-21-19-36(33-28(21)26)23-10-8-22(9-11-23)35-16-14-34(15-17-35)18-20-4-1-2-6-24(20)25-12-13-27(37)32-30(25)39/h1-11,19,25H,12-18H2,(H2,31,38)(H,32,37,39). The smallest absolute Gasteiger partial charge is 0.250 e. The zero-order chi connectivity index (χ0) is 26.9. The van der Waals surface area contributed by atoms with Gasteiger partial charge in [0.15, 0.2) is 0 Å². The second kappa shape index (κ2) is 10.3. The Morgan fingerprint density at radius 2 is 1.67 bits per heavy atom. The molecule has 2 aliphatic rings. The number of rotatable bonds is 6. The summed E-state index contributed by atoms with van der Waals surface area (Å²) in [5, 5.41) is 7.95. The van der Waals surface area contributed by atoms with Crippen molar-refractivity contribution in [3.05, 3.63) is 89.6 Å². The Morgan fingerprint density at radius 3 is 2.41 bits per heavy atom. The number of fused-ring (bicyclic) bond motifs is 1. The number of amides is 3. The van der Waals surface area contributed by atoms with E-state index in [9.17, 15) is 14.4 Å². The van der Waals surface area contributed by atoms with Crippen LogP contribution in [0, 0.1) is 0 Å². The highest BCUT2D eigenvalue weighted by molar-refractivity contribution is 6.04. The summed E-state index contributed by atoms with van der Waals surface area (Å²) in [6.07, 6.45) is 2.85. The molecule has 1 atom stereocenters. The number of nitrogens with one attached hydrogen (secondary N) is 1. The first-order valence-corrected chi connectivity index (χ1v) is 13.2. The highest BCUT2D eigenvalue weighted by atomic mass is 16.2. The summed E-state index contributed by atoms with van der Waals surface area (Å²) in [7, 11) is 0. The number of nitrogens with two attached hydrogens (primary N) is 1. The van der Waals surface area contributed by atoms with E-state index in [0.717, 1.165) is 60.6 Å². The molecule has 0 spiro atoms. The topological polar surface area (TPSA) is 114 Å². The summed E-state index contributed by atoms with van der Waals surface area (Å²) in [5.41, 5.74) is 10.8. The third kappa shape index (κ3) is 5.00. The van der Waals surface area contributed by atoms with E-state index in [4.69, 9.17) is 5.73 Å². The Labute approximate surface area is 226 Å². The lowest BCUT2D eigenvalue weighted by Gasteiger charge is -2.36. The summed E-state index contributed by atoms with van der Waals surface area (Å²) in [6.45, 7) is 4.39. The lowest BCUT2D eigenvalue weighted by Crippen LogP contribution is -2.46. The average Bonchev–Trinajstić information content (AvgIpc) is 3.39. The first-order chi connectivity index (χ1) is 19.0. The van der Waals surface area contributed by atoms with Crippen LogP contribution in [-0.2, 0) is 16.1 Å². The minimum Gasteiger partial charge on any atom is -0.369 e. The number of nitrogens with zero attached hydrogens (tertiary/aromatic N) is 4. The maximum Gasteiger partial charge on any atom is 0.250 e. The first-order valence-electron chi connectivity index (χ1n) is 13.2. The Kier molecular flexibility index (Phi) is 6.58. The molecule has 9 heteroatoms. The van der Waals surface area contributed by atoms with Crippen LogP contribution in [0.5, 0.6) is 0 Å². The fourth-order valence-electron chi connectivity index (χ4n) is 5.61. The van der Waals surface area contributed by atoms with E-state index in [-0.39, 0.29) is 17.7 Å². The van der Waals surface area contributed by atoms with Crippen molar-refractivity contribution in [1.29, 1.82) is 0 Å². The maximum atomic E-state index is 12.5. The Balaban J connectivity index is 1.10. The van der Waals surface area contributed by atoms with Crippen molar-refractivity contribution >= 4 is 34.3 Å². The van der Waals surface area contributed by atoms with Gasteiger partial charge in [0.05, 0.1) is 17.2 Å². The number of piperazine rings is 1. The number of carbonyl (C=O) groups excluding carboxylic acids is 3. The molecule has 39 heavy (non-hydrogen) atoms. The quantitative estimate of drug-likeness (QED) is 0.377. The molecule has 3 heterocycles. The number of imide groups is 1. The summed E-state index contributed by atoms with van der Waals surface area (Å²) in [5.74, 6) is -1.13. The van der Waals surface area contributed by atoms with Crippen molar-refractivity contribution in [2.75, 3.05) is 31.1 Å². The van der Waals surface area contributed by atoms with Gasteiger partial charge in [-0.1, -0.05) is 36.4 Å². The first kappa shape index (κ1) is 24.8. The molecule has 0 bridgehead atoms. The van der Waals surface area contributed by atoms with Gasteiger partial charge in [-0.25, -0.2) is 4.68 Å². The van der Waals surface area contributed by atoms with E-state index in [1.807, 2.05) is 48.7 Å². The molecule has 9 nitrogen and oxygen atoms in total. The molecule has 2 saturated heterocycles. The van der Waals surface area contributed by atoms with Gasteiger partial charge in [-0.15, -0.1) is 0 Å². The van der Waals surface area contributed by atoms with E-state index in [1.165, 1.54) is 0 Å². The second-order valence-corrected chi connectivity index (χ2v) is 10.2. The summed E-state index contributed by atoms with van der Waals surface area (Å²) >= 11 is 0. The SMILES string of the molecule is NC(=O)c1cccc2cn(-c3ccc(N4CCN(Cc5ccccc5C5CCC(=O)NC5=O)CC4)cc3)nc12. The van der Waals surface area contributed by atoms with Crippen LogP contribution in [0.4, 0.5) is 5.69 Å². The van der Waals surface area contributed by atoms with Gasteiger partial charge in [0.1, 0.15) is 5.52 Å². The highest BCUT2D eigenvalue weighted by Gasteiger charge is 2.30. The van der Waals surface area contributed by atoms with Crippen molar-refractivity contribution in [3.8, 4) is 5.69 Å². The second-order valence-electron chi connectivity index (χ2n) is 10.2. The maximum absolute atomic E-state index is 12.5. The van der Waals surface area contributed by atoms with E-state index in [0.29, 0.717) is 23.9 Å². The number of primary amides is 1. The molecule has 0 radical (unpaired) electrons. The molecule has 198 valence electrons. The van der Waals surface area contributed by atoms with Crippen LogP contribution in [0.2, 0.25) is 0 Å². The molecule has 1 aromatic heterocycles. The van der Waals surface area contributed by atoms with Crippen LogP contribution >= 0.6 is 0 Å². The molecule has 2 aliphatic heterocycles. The Bertz CT molecular complexity index is 1550. The van der Waals surface area contributed by atoms with E-state index < -0.39 is 5.91 Å². The lowest BCUT2D eigenvalue weighted by molar-refractivity contribution is -0.134. The van der Waals surface area contributed by atoms with Crippen LogP contribution in [0.25, 0.3) is 16.6 Å². The molecule has 0 saturated carbocycles. The predicted molar refractivity (Wildman–Crippen MR) is 149 cm³/mol. The van der Waals surface area contributed by atoms with Crippen LogP contribution < -0.4 is 16.0 Å². The van der Waals surface area contributed by atoms with Crippen molar-refractivity contribution in [2.24, 2.45) is 5.73 Å². The summed E-state index contributed by atoms with van der Waals surface area (Å²) in [6, 6.07) is 21.8. The number of aromatic nitrogens is 2. The molecule has 3 N–H and O–H groups in total. The minimum absolute atomic E-state index is 0.187. The van der Waals surface area contributed by atoms with Crippen LogP contribution in [0.1, 0.15) is 40.2 Å². The van der Waals surface area contributed by atoms with Crippen LogP contribution in [0.15, 0.2) is 72.9 Å². The summed E-state index contributed by atoms with van der Waals surface area (Å²) in [4.78, 5) is 40.6. The van der Waals surface area contributed by atoms with Gasteiger partial charge in [0.2, 0.25) is 11.8 Å². The van der Waals surface area contributed by atoms with Gasteiger partial charge in [0.25, 0.3) is 5.91 Å². The zero-order valence-corrected chi connectivity index (χ0v) is 21.5. The molecule has 6 rings (SSSR count). The third-order valence-electron chi connectivity index (χ3n) is 7.72. The third-order valence-corrected chi connectivity index (χ3v) is 7.72. The summed E-state index contributed by atoms with van der Waals surface area (Å²) < 4.78 is 1.78. The van der Waals surface area contributed by atoms with Gasteiger partial charge >= 0.3 is 0 Å². The lowest BCUT2D eigenvalue weighted by atomic mass is 9.87. The zero-order valence-electron chi connectivity index (χ0n) is 21.5. The number of piperidine rings is 1. The predicted octanol–water partition coefficient (Wildman–Crippen LogP) is 2.97. The average molecular weight is 523 g/mol. The minimum atomic E-state index is -0.486. The van der Waals surface area contributed by atoms with Crippen molar-refractivity contribution in [2.45, 2.75) is 25.3 Å². The van der Waals surface area contributed by atoms with Gasteiger partial charge in [0, 0.05) is 56.4 Å². The normalized spacial score (nSPS) is 18.4. The van der Waals surface area contributed by atoms with Crippen LogP contribution in [0.3, 0.4) is 0 Å². The van der Waals surface area contributed by atoms with Crippen molar-refractivity contribution in [3.63, 3.8) is 0 Å². The van der Waals surface area contributed by atoms with Crippen molar-refractivity contribution in [1.82, 2.24) is 20.0 Å². The molecular formula is C30H30N6O3. The largest absolute Gasteiger partial charge is 0.369 e. The number of carbonyl (C=O) groups is 3. The highest BCUT2D eigenvalue weighted by Crippen LogP contribution is 2.29. The number of hydrogen-bond acceptors (Lipinski definition) is 6. The molecule has 1 unspecified atom stereocenters. The van der Waals surface area contributed by atoms with E-state index in [2.05, 4.69) is 38.4 Å². The van der Waals surface area contributed by atoms with E-state index in [1.54, 1.807) is 10.7 Å². The van der Waals surface area contributed by atoms with Crippen molar-refractivity contribution < 1.29 is 14.4 Å². The Hall–Kier alpha value is -4.50. The molecule has 3 aromatic carbocycles. The monoisotopic (exact) mass is 522 g/mol. The fraction of sp³-hybridized carbons (Fsp3) is 0.267. The Morgan fingerprint density at radius 1 is 0.923 bits per heavy atom. The number of anilines is 1. The number of hydrogen-bond donors (Lipinski definition) is 2. The number of benzene rings is 3. The van der Waals surface area contributed by atoms with Crippen LogP contribution in [-0.4, -0.2) is 58.6 Å². The molecule has 0 aliphatic carbocycles. The molecule has 3 amide bonds. The fourth-order valence-corrected chi connectivity index (χ4v) is 5.61. The van der Waals surface area contributed by atoms with Gasteiger partial charge in [-0.2, -0.15) is 5.10 Å². The van der Waals surface area contributed by atoms with Gasteiger partial charge in [-0.05, 0) is 47.9 Å².